The van der Waals surface area contributed by atoms with Gasteiger partial charge in [-0.2, -0.15) is 11.8 Å². The minimum absolute atomic E-state index is 0.00285. The molecule has 0 aromatic heterocycles. The fourth-order valence-electron chi connectivity index (χ4n) is 2.30. The van der Waals surface area contributed by atoms with Crippen molar-refractivity contribution in [1.29, 1.82) is 0 Å². The SMILES string of the molecule is CC1SCCN(c2cccc(S(N)(=O)=O)c2N)C1C. The number of primary sulfonamides is 1. The minimum Gasteiger partial charge on any atom is -0.396 e. The highest BCUT2D eigenvalue weighted by Gasteiger charge is 2.28. The van der Waals surface area contributed by atoms with Crippen molar-refractivity contribution < 1.29 is 8.42 Å². The van der Waals surface area contributed by atoms with E-state index in [-0.39, 0.29) is 10.6 Å². The van der Waals surface area contributed by atoms with Gasteiger partial charge in [0.05, 0.1) is 11.4 Å². The lowest BCUT2D eigenvalue weighted by Crippen LogP contribution is -2.45. The second-order valence-corrected chi connectivity index (χ2v) is 7.76. The maximum Gasteiger partial charge on any atom is 0.240 e. The van der Waals surface area contributed by atoms with Crippen LogP contribution in [0.3, 0.4) is 0 Å². The van der Waals surface area contributed by atoms with Crippen LogP contribution in [0, 0.1) is 0 Å². The monoisotopic (exact) mass is 301 g/mol. The van der Waals surface area contributed by atoms with E-state index >= 15 is 0 Å². The van der Waals surface area contributed by atoms with Crippen LogP contribution in [0.25, 0.3) is 0 Å². The van der Waals surface area contributed by atoms with E-state index in [0.717, 1.165) is 18.0 Å². The fraction of sp³-hybridized carbons (Fsp3) is 0.500. The van der Waals surface area contributed by atoms with Crippen molar-refractivity contribution >= 4 is 33.2 Å². The molecule has 1 aliphatic rings. The summed E-state index contributed by atoms with van der Waals surface area (Å²) in [4.78, 5) is 2.16. The molecule has 106 valence electrons. The molecule has 1 saturated heterocycles. The molecule has 1 aliphatic heterocycles. The van der Waals surface area contributed by atoms with Crippen LogP contribution in [-0.4, -0.2) is 32.0 Å². The zero-order valence-electron chi connectivity index (χ0n) is 11.0. The van der Waals surface area contributed by atoms with Crippen LogP contribution in [0.4, 0.5) is 11.4 Å². The number of para-hydroxylation sites is 1. The first-order valence-corrected chi connectivity index (χ1v) is 8.71. The first-order valence-electron chi connectivity index (χ1n) is 6.12. The van der Waals surface area contributed by atoms with Crippen molar-refractivity contribution in [1.82, 2.24) is 0 Å². The molecule has 19 heavy (non-hydrogen) atoms. The molecular weight excluding hydrogens is 282 g/mol. The topological polar surface area (TPSA) is 89.4 Å². The Morgan fingerprint density at radius 3 is 2.68 bits per heavy atom. The average molecular weight is 301 g/mol. The van der Waals surface area contributed by atoms with Gasteiger partial charge >= 0.3 is 0 Å². The van der Waals surface area contributed by atoms with Crippen LogP contribution in [0.15, 0.2) is 23.1 Å². The number of thioether (sulfide) groups is 1. The van der Waals surface area contributed by atoms with Gasteiger partial charge in [0.25, 0.3) is 0 Å². The van der Waals surface area contributed by atoms with Crippen LogP contribution in [0.2, 0.25) is 0 Å². The fourth-order valence-corrected chi connectivity index (χ4v) is 4.08. The lowest BCUT2D eigenvalue weighted by molar-refractivity contribution is 0.597. The average Bonchev–Trinajstić information content (AvgIpc) is 2.32. The Balaban J connectivity index is 2.46. The van der Waals surface area contributed by atoms with Gasteiger partial charge in [0.1, 0.15) is 4.90 Å². The van der Waals surface area contributed by atoms with E-state index in [1.807, 2.05) is 17.8 Å². The number of nitrogens with two attached hydrogens (primary N) is 2. The van der Waals surface area contributed by atoms with E-state index in [1.54, 1.807) is 6.07 Å². The zero-order valence-corrected chi connectivity index (χ0v) is 12.7. The Bertz CT molecular complexity index is 574. The van der Waals surface area contributed by atoms with Gasteiger partial charge in [0.2, 0.25) is 10.0 Å². The second-order valence-electron chi connectivity index (χ2n) is 4.74. The van der Waals surface area contributed by atoms with E-state index in [2.05, 4.69) is 18.7 Å². The van der Waals surface area contributed by atoms with Gasteiger partial charge in [0, 0.05) is 23.6 Å². The van der Waals surface area contributed by atoms with Crippen molar-refractivity contribution in [3.8, 4) is 0 Å². The summed E-state index contributed by atoms with van der Waals surface area (Å²) < 4.78 is 23.0. The van der Waals surface area contributed by atoms with Crippen molar-refractivity contribution in [2.24, 2.45) is 5.14 Å². The molecule has 1 fully saturated rings. The summed E-state index contributed by atoms with van der Waals surface area (Å²) in [5.41, 5.74) is 7.00. The first kappa shape index (κ1) is 14.5. The highest BCUT2D eigenvalue weighted by molar-refractivity contribution is 8.00. The number of hydrogen-bond donors (Lipinski definition) is 2. The predicted octanol–water partition coefficient (Wildman–Crippen LogP) is 1.25. The quantitative estimate of drug-likeness (QED) is 0.802. The van der Waals surface area contributed by atoms with Crippen molar-refractivity contribution in [2.45, 2.75) is 30.0 Å². The maximum atomic E-state index is 11.5. The Morgan fingerprint density at radius 2 is 2.05 bits per heavy atom. The number of rotatable bonds is 2. The van der Waals surface area contributed by atoms with Crippen molar-refractivity contribution in [3.63, 3.8) is 0 Å². The number of hydrogen-bond acceptors (Lipinski definition) is 5. The zero-order chi connectivity index (χ0) is 14.2. The van der Waals surface area contributed by atoms with Crippen LogP contribution in [-0.2, 0) is 10.0 Å². The molecule has 0 amide bonds. The van der Waals surface area contributed by atoms with Crippen LogP contribution < -0.4 is 15.8 Å². The number of benzene rings is 1. The molecule has 1 aromatic carbocycles. The summed E-state index contributed by atoms with van der Waals surface area (Å²) in [6.07, 6.45) is 0. The van der Waals surface area contributed by atoms with Gasteiger partial charge in [-0.15, -0.1) is 0 Å². The van der Waals surface area contributed by atoms with Crippen LogP contribution >= 0.6 is 11.8 Å². The van der Waals surface area contributed by atoms with Gasteiger partial charge in [-0.25, -0.2) is 13.6 Å². The van der Waals surface area contributed by atoms with Gasteiger partial charge in [0.15, 0.2) is 0 Å². The third-order valence-corrected chi connectivity index (χ3v) is 5.85. The standard InChI is InChI=1S/C12H19N3O2S2/c1-8-9(2)18-7-6-15(8)10-4-3-5-11(12(10)13)19(14,16)17/h3-5,8-9H,6-7,13H2,1-2H3,(H2,14,16,17). The van der Waals surface area contributed by atoms with Crippen molar-refractivity contribution in [2.75, 3.05) is 22.9 Å². The normalized spacial score (nSPS) is 24.5. The molecule has 7 heteroatoms. The second kappa shape index (κ2) is 5.22. The minimum atomic E-state index is -3.78. The molecule has 1 aromatic rings. The summed E-state index contributed by atoms with van der Waals surface area (Å²) in [5, 5.41) is 5.67. The maximum absolute atomic E-state index is 11.5. The summed E-state index contributed by atoms with van der Waals surface area (Å²) in [6, 6.07) is 5.28. The highest BCUT2D eigenvalue weighted by Crippen LogP contribution is 2.35. The summed E-state index contributed by atoms with van der Waals surface area (Å²) in [7, 11) is -3.78. The number of nitrogen functional groups attached to an aromatic ring is 1. The van der Waals surface area contributed by atoms with E-state index in [9.17, 15) is 8.42 Å². The number of anilines is 2. The molecule has 2 atom stereocenters. The summed E-state index contributed by atoms with van der Waals surface area (Å²) in [5.74, 6) is 1.00. The van der Waals surface area contributed by atoms with E-state index < -0.39 is 10.0 Å². The van der Waals surface area contributed by atoms with Gasteiger partial charge in [-0.05, 0) is 19.1 Å². The van der Waals surface area contributed by atoms with Crippen LogP contribution in [0.1, 0.15) is 13.8 Å². The lowest BCUT2D eigenvalue weighted by Gasteiger charge is -2.39. The Morgan fingerprint density at radius 1 is 1.37 bits per heavy atom. The molecule has 4 N–H and O–H groups in total. The smallest absolute Gasteiger partial charge is 0.240 e. The number of nitrogens with zero attached hydrogens (tertiary/aromatic N) is 1. The Hall–Kier alpha value is -0.920. The Labute approximate surface area is 118 Å². The van der Waals surface area contributed by atoms with E-state index in [1.165, 1.54) is 6.07 Å². The largest absolute Gasteiger partial charge is 0.396 e. The summed E-state index contributed by atoms with van der Waals surface area (Å²) in [6.45, 7) is 5.15. The van der Waals surface area contributed by atoms with Crippen LogP contribution in [0.5, 0.6) is 0 Å². The van der Waals surface area contributed by atoms with Gasteiger partial charge < -0.3 is 10.6 Å². The predicted molar refractivity (Wildman–Crippen MR) is 81.0 cm³/mol. The van der Waals surface area contributed by atoms with Gasteiger partial charge in [-0.3, -0.25) is 0 Å². The van der Waals surface area contributed by atoms with E-state index in [4.69, 9.17) is 10.9 Å². The van der Waals surface area contributed by atoms with Gasteiger partial charge in [-0.1, -0.05) is 13.0 Å². The molecular formula is C12H19N3O2S2. The first-order chi connectivity index (χ1) is 8.82. The molecule has 0 spiro atoms. The molecule has 5 nitrogen and oxygen atoms in total. The molecule has 0 bridgehead atoms. The number of sulfonamides is 1. The highest BCUT2D eigenvalue weighted by atomic mass is 32.2. The molecule has 0 radical (unpaired) electrons. The molecule has 0 saturated carbocycles. The molecule has 0 aliphatic carbocycles. The molecule has 1 heterocycles. The third-order valence-electron chi connectivity index (χ3n) is 3.54. The molecule has 2 unspecified atom stereocenters. The lowest BCUT2D eigenvalue weighted by atomic mass is 10.1. The summed E-state index contributed by atoms with van der Waals surface area (Å²) >= 11 is 1.91. The Kier molecular flexibility index (Phi) is 3.98. The molecule has 2 rings (SSSR count). The van der Waals surface area contributed by atoms with E-state index in [0.29, 0.717) is 11.3 Å². The van der Waals surface area contributed by atoms with Crippen molar-refractivity contribution in [3.05, 3.63) is 18.2 Å². The third kappa shape index (κ3) is 2.82.